The molecule has 0 aliphatic heterocycles. The number of aromatic hydroxyl groups is 1. The van der Waals surface area contributed by atoms with Crippen LogP contribution in [0.25, 0.3) is 0 Å². The van der Waals surface area contributed by atoms with E-state index in [4.69, 9.17) is 21.8 Å². The summed E-state index contributed by atoms with van der Waals surface area (Å²) >= 11 is 5.51. The van der Waals surface area contributed by atoms with E-state index in [1.807, 2.05) is 0 Å². The van der Waals surface area contributed by atoms with Crippen molar-refractivity contribution in [2.45, 2.75) is 6.17 Å². The maximum atomic E-state index is 12.9. The van der Waals surface area contributed by atoms with Crippen molar-refractivity contribution in [3.8, 4) is 5.75 Å². The number of aliphatic carboxylic acids is 1. The van der Waals surface area contributed by atoms with Gasteiger partial charge in [-0.2, -0.15) is 0 Å². The molecule has 1 unspecified atom stereocenters. The molecule has 1 aromatic rings. The maximum Gasteiger partial charge on any atom is 0.343 e. The topological polar surface area (TPSA) is 57.5 Å². The first-order valence-corrected chi connectivity index (χ1v) is 3.75. The summed E-state index contributed by atoms with van der Waals surface area (Å²) in [5, 5.41) is 17.1. The highest BCUT2D eigenvalue weighted by Gasteiger charge is 2.21. The Kier molecular flexibility index (Phi) is 2.72. The molecule has 3 nitrogen and oxygen atoms in total. The van der Waals surface area contributed by atoms with Crippen LogP contribution in [0.5, 0.6) is 5.75 Å². The van der Waals surface area contributed by atoms with E-state index in [1.165, 1.54) is 6.07 Å². The fourth-order valence-corrected chi connectivity index (χ4v) is 1.13. The number of phenols is 1. The Hall–Kier alpha value is -1.29. The van der Waals surface area contributed by atoms with Crippen molar-refractivity contribution in [2.75, 3.05) is 0 Å². The largest absolute Gasteiger partial charge is 0.508 e. The van der Waals surface area contributed by atoms with Crippen molar-refractivity contribution < 1.29 is 19.4 Å². The van der Waals surface area contributed by atoms with Gasteiger partial charge >= 0.3 is 5.97 Å². The van der Waals surface area contributed by atoms with E-state index in [1.54, 1.807) is 0 Å². The Morgan fingerprint density at radius 3 is 2.62 bits per heavy atom. The lowest BCUT2D eigenvalue weighted by molar-refractivity contribution is -0.143. The van der Waals surface area contributed by atoms with Crippen molar-refractivity contribution in [3.63, 3.8) is 0 Å². The number of rotatable bonds is 2. The summed E-state index contributed by atoms with van der Waals surface area (Å²) in [6.07, 6.45) is -2.16. The van der Waals surface area contributed by atoms with Crippen molar-refractivity contribution in [2.24, 2.45) is 0 Å². The Labute approximate surface area is 78.4 Å². The van der Waals surface area contributed by atoms with Crippen molar-refractivity contribution in [3.05, 3.63) is 28.8 Å². The minimum atomic E-state index is -2.16. The van der Waals surface area contributed by atoms with Gasteiger partial charge in [0, 0.05) is 5.56 Å². The van der Waals surface area contributed by atoms with Gasteiger partial charge in [0.1, 0.15) is 5.75 Å². The van der Waals surface area contributed by atoms with Crippen LogP contribution < -0.4 is 0 Å². The zero-order chi connectivity index (χ0) is 10.0. The van der Waals surface area contributed by atoms with Gasteiger partial charge in [0.15, 0.2) is 0 Å². The van der Waals surface area contributed by atoms with Crippen LogP contribution in [0.15, 0.2) is 18.2 Å². The lowest BCUT2D eigenvalue weighted by Gasteiger charge is -2.05. The van der Waals surface area contributed by atoms with Crippen LogP contribution in [0, 0.1) is 0 Å². The van der Waals surface area contributed by atoms with E-state index in [-0.39, 0.29) is 16.3 Å². The first-order valence-electron chi connectivity index (χ1n) is 3.37. The summed E-state index contributed by atoms with van der Waals surface area (Å²) in [4.78, 5) is 10.2. The number of carboxylic acid groups (broad SMARTS) is 1. The van der Waals surface area contributed by atoms with E-state index in [0.29, 0.717) is 0 Å². The number of halogens is 2. The lowest BCUT2D eigenvalue weighted by Crippen LogP contribution is -2.06. The van der Waals surface area contributed by atoms with Crippen LogP contribution >= 0.6 is 11.6 Å². The quantitative estimate of drug-likeness (QED) is 0.776. The second-order valence-electron chi connectivity index (χ2n) is 2.41. The summed E-state index contributed by atoms with van der Waals surface area (Å²) in [6, 6.07) is 3.40. The fourth-order valence-electron chi connectivity index (χ4n) is 0.855. The van der Waals surface area contributed by atoms with Gasteiger partial charge in [0.05, 0.1) is 5.02 Å². The first-order chi connectivity index (χ1) is 6.02. The predicted molar refractivity (Wildman–Crippen MR) is 44.6 cm³/mol. The number of alkyl halides is 1. The van der Waals surface area contributed by atoms with Crippen LogP contribution in [0.2, 0.25) is 5.02 Å². The molecule has 13 heavy (non-hydrogen) atoms. The van der Waals surface area contributed by atoms with Gasteiger partial charge in [0.25, 0.3) is 0 Å². The van der Waals surface area contributed by atoms with Crippen LogP contribution in [-0.4, -0.2) is 16.2 Å². The number of phenolic OH excluding ortho intramolecular Hbond substituents is 1. The number of carbonyl (C=O) groups is 1. The normalized spacial score (nSPS) is 12.5. The van der Waals surface area contributed by atoms with Gasteiger partial charge in [-0.3, -0.25) is 0 Å². The summed E-state index contributed by atoms with van der Waals surface area (Å²) in [7, 11) is 0. The highest BCUT2D eigenvalue weighted by molar-refractivity contribution is 6.31. The Morgan fingerprint density at radius 2 is 2.15 bits per heavy atom. The maximum absolute atomic E-state index is 12.9. The molecule has 1 rings (SSSR count). The molecule has 0 aromatic heterocycles. The van der Waals surface area contributed by atoms with E-state index in [9.17, 15) is 9.18 Å². The summed E-state index contributed by atoms with van der Waals surface area (Å²) in [6.45, 7) is 0. The molecule has 70 valence electrons. The zero-order valence-electron chi connectivity index (χ0n) is 6.37. The molecule has 0 radical (unpaired) electrons. The second-order valence-corrected chi connectivity index (χ2v) is 2.81. The van der Waals surface area contributed by atoms with E-state index in [2.05, 4.69) is 0 Å². The van der Waals surface area contributed by atoms with Gasteiger partial charge in [-0.1, -0.05) is 17.7 Å². The van der Waals surface area contributed by atoms with Crippen LogP contribution in [0.1, 0.15) is 11.7 Å². The third-order valence-electron chi connectivity index (χ3n) is 1.47. The van der Waals surface area contributed by atoms with Crippen LogP contribution in [0.3, 0.4) is 0 Å². The molecule has 1 aromatic carbocycles. The summed E-state index contributed by atoms with van der Waals surface area (Å²) in [5.41, 5.74) is -0.160. The molecular formula is C8H6ClFO3. The minimum Gasteiger partial charge on any atom is -0.508 e. The SMILES string of the molecule is O=C(O)C(F)c1ccc(O)cc1Cl. The monoisotopic (exact) mass is 204 g/mol. The van der Waals surface area contributed by atoms with Gasteiger partial charge in [-0.05, 0) is 12.1 Å². The molecule has 0 aliphatic carbocycles. The molecule has 0 bridgehead atoms. The molecule has 0 saturated heterocycles. The van der Waals surface area contributed by atoms with Crippen LogP contribution in [-0.2, 0) is 4.79 Å². The molecule has 5 heteroatoms. The Balaban J connectivity index is 3.08. The minimum absolute atomic E-state index is 0.102. The lowest BCUT2D eigenvalue weighted by atomic mass is 10.1. The third-order valence-corrected chi connectivity index (χ3v) is 1.80. The summed E-state index contributed by atoms with van der Waals surface area (Å²) < 4.78 is 12.9. The van der Waals surface area contributed by atoms with E-state index >= 15 is 0 Å². The average Bonchev–Trinajstić information content (AvgIpc) is 2.03. The summed E-state index contributed by atoms with van der Waals surface area (Å²) in [5.74, 6) is -1.74. The van der Waals surface area contributed by atoms with Crippen molar-refractivity contribution in [1.82, 2.24) is 0 Å². The molecule has 1 atom stereocenters. The average molecular weight is 205 g/mol. The molecule has 2 N–H and O–H groups in total. The molecule has 0 saturated carbocycles. The van der Waals surface area contributed by atoms with E-state index < -0.39 is 12.1 Å². The van der Waals surface area contributed by atoms with Gasteiger partial charge in [-0.25, -0.2) is 9.18 Å². The van der Waals surface area contributed by atoms with E-state index in [0.717, 1.165) is 12.1 Å². The smallest absolute Gasteiger partial charge is 0.343 e. The number of carboxylic acids is 1. The highest BCUT2D eigenvalue weighted by atomic mass is 35.5. The second kappa shape index (κ2) is 3.62. The third kappa shape index (κ3) is 2.09. The molecule has 0 amide bonds. The van der Waals surface area contributed by atoms with Crippen molar-refractivity contribution >= 4 is 17.6 Å². The zero-order valence-corrected chi connectivity index (χ0v) is 7.12. The molecular weight excluding hydrogens is 199 g/mol. The van der Waals surface area contributed by atoms with Gasteiger partial charge < -0.3 is 10.2 Å². The number of benzene rings is 1. The number of hydrogen-bond acceptors (Lipinski definition) is 2. The standard InChI is InChI=1S/C8H6ClFO3/c9-6-3-4(11)1-2-5(6)7(10)8(12)13/h1-3,7,11H,(H,12,13). The highest BCUT2D eigenvalue weighted by Crippen LogP contribution is 2.28. The Bertz CT molecular complexity index is 340. The fraction of sp³-hybridized carbons (Fsp3) is 0.125. The molecule has 0 heterocycles. The van der Waals surface area contributed by atoms with Crippen molar-refractivity contribution in [1.29, 1.82) is 0 Å². The van der Waals surface area contributed by atoms with Crippen LogP contribution in [0.4, 0.5) is 4.39 Å². The number of hydrogen-bond donors (Lipinski definition) is 2. The Morgan fingerprint density at radius 1 is 1.54 bits per heavy atom. The van der Waals surface area contributed by atoms with Gasteiger partial charge in [-0.15, -0.1) is 0 Å². The van der Waals surface area contributed by atoms with Gasteiger partial charge in [0.2, 0.25) is 6.17 Å². The molecule has 0 aliphatic rings. The molecule has 0 fully saturated rings. The first kappa shape index (κ1) is 9.80. The predicted octanol–water partition coefficient (Wildman–Crippen LogP) is 2.14. The molecule has 0 spiro atoms.